The van der Waals surface area contributed by atoms with Crippen LogP contribution in [0.4, 0.5) is 4.39 Å². The number of hydrogen-bond acceptors (Lipinski definition) is 3. The van der Waals surface area contributed by atoms with Gasteiger partial charge >= 0.3 is 0 Å². The van der Waals surface area contributed by atoms with Crippen LogP contribution in [0.25, 0.3) is 0 Å². The molecule has 124 valence electrons. The zero-order valence-corrected chi connectivity index (χ0v) is 13.8. The highest BCUT2D eigenvalue weighted by Crippen LogP contribution is 2.22. The van der Waals surface area contributed by atoms with E-state index in [1.165, 1.54) is 6.07 Å². The van der Waals surface area contributed by atoms with Crippen molar-refractivity contribution in [1.29, 1.82) is 0 Å². The van der Waals surface area contributed by atoms with Crippen LogP contribution in [0.3, 0.4) is 0 Å². The van der Waals surface area contributed by atoms with Gasteiger partial charge in [-0.05, 0) is 36.2 Å². The van der Waals surface area contributed by atoms with Crippen LogP contribution in [0.5, 0.6) is 5.75 Å². The van der Waals surface area contributed by atoms with Gasteiger partial charge in [0.15, 0.2) is 0 Å². The highest BCUT2D eigenvalue weighted by molar-refractivity contribution is 6.31. The van der Waals surface area contributed by atoms with Gasteiger partial charge in [-0.15, -0.1) is 0 Å². The normalized spacial score (nSPS) is 12.2. The smallest absolute Gasteiger partial charge is 0.131 e. The van der Waals surface area contributed by atoms with E-state index in [0.717, 1.165) is 12.0 Å². The topological polar surface area (TPSA) is 41.5 Å². The lowest BCUT2D eigenvalue weighted by molar-refractivity contribution is 0.238. The zero-order valence-electron chi connectivity index (χ0n) is 13.1. The second-order valence-corrected chi connectivity index (χ2v) is 5.71. The lowest BCUT2D eigenvalue weighted by atomic mass is 10.2. The summed E-state index contributed by atoms with van der Waals surface area (Å²) in [4.78, 5) is 0. The lowest BCUT2D eigenvalue weighted by Gasteiger charge is -2.14. The highest BCUT2D eigenvalue weighted by atomic mass is 35.5. The molecule has 0 saturated heterocycles. The molecule has 23 heavy (non-hydrogen) atoms. The molecule has 0 unspecified atom stereocenters. The minimum Gasteiger partial charge on any atom is -0.489 e. The number of ether oxygens (including phenoxy) is 1. The molecule has 2 N–H and O–H groups in total. The second kappa shape index (κ2) is 8.87. The third-order valence-electron chi connectivity index (χ3n) is 3.65. The van der Waals surface area contributed by atoms with E-state index in [2.05, 4.69) is 5.32 Å². The largest absolute Gasteiger partial charge is 0.489 e. The van der Waals surface area contributed by atoms with E-state index in [0.29, 0.717) is 22.9 Å². The molecule has 0 bridgehead atoms. The fourth-order valence-corrected chi connectivity index (χ4v) is 2.39. The van der Waals surface area contributed by atoms with E-state index in [-0.39, 0.29) is 25.1 Å². The standard InChI is InChI=1S/C18H21ClFNO2/c1-2-14(11-22)21-10-13-5-3-6-15(9-13)23-12-16-17(19)7-4-8-18(16)20/h3-9,14,21-22H,2,10-12H2,1H3/t14-/m0/s1. The molecule has 2 aromatic carbocycles. The zero-order chi connectivity index (χ0) is 16.7. The van der Waals surface area contributed by atoms with Gasteiger partial charge in [0.1, 0.15) is 18.2 Å². The molecular weight excluding hydrogens is 317 g/mol. The Kier molecular flexibility index (Phi) is 6.84. The molecule has 1 atom stereocenters. The van der Waals surface area contributed by atoms with Crippen molar-refractivity contribution in [3.8, 4) is 5.75 Å². The van der Waals surface area contributed by atoms with Crippen molar-refractivity contribution in [2.45, 2.75) is 32.5 Å². The van der Waals surface area contributed by atoms with Crippen molar-refractivity contribution >= 4 is 11.6 Å². The molecule has 0 radical (unpaired) electrons. The van der Waals surface area contributed by atoms with Gasteiger partial charge in [-0.25, -0.2) is 4.39 Å². The summed E-state index contributed by atoms with van der Waals surface area (Å²) in [6, 6.07) is 12.2. The Labute approximate surface area is 141 Å². The molecule has 0 saturated carbocycles. The summed E-state index contributed by atoms with van der Waals surface area (Å²) in [5.41, 5.74) is 1.39. The van der Waals surface area contributed by atoms with Crippen LogP contribution in [0.1, 0.15) is 24.5 Å². The van der Waals surface area contributed by atoms with Gasteiger partial charge in [-0.3, -0.25) is 0 Å². The van der Waals surface area contributed by atoms with Gasteiger partial charge in [0, 0.05) is 18.2 Å². The van der Waals surface area contributed by atoms with Crippen LogP contribution < -0.4 is 10.1 Å². The molecule has 3 nitrogen and oxygen atoms in total. The Bertz CT molecular complexity index is 612. The van der Waals surface area contributed by atoms with Gasteiger partial charge in [0.25, 0.3) is 0 Å². The number of halogens is 2. The van der Waals surface area contributed by atoms with Crippen LogP contribution >= 0.6 is 11.6 Å². The molecule has 5 heteroatoms. The van der Waals surface area contributed by atoms with Crippen LogP contribution in [0.15, 0.2) is 42.5 Å². The van der Waals surface area contributed by atoms with Gasteiger partial charge in [0.2, 0.25) is 0 Å². The predicted molar refractivity (Wildman–Crippen MR) is 90.2 cm³/mol. The summed E-state index contributed by atoms with van der Waals surface area (Å²) in [5, 5.41) is 12.8. The van der Waals surface area contributed by atoms with Crippen LogP contribution in [0.2, 0.25) is 5.02 Å². The second-order valence-electron chi connectivity index (χ2n) is 5.30. The third kappa shape index (κ3) is 5.20. The van der Waals surface area contributed by atoms with E-state index in [4.69, 9.17) is 16.3 Å². The van der Waals surface area contributed by atoms with Crippen molar-refractivity contribution < 1.29 is 14.2 Å². The molecule has 0 aliphatic carbocycles. The number of benzene rings is 2. The van der Waals surface area contributed by atoms with Crippen LogP contribution in [-0.4, -0.2) is 17.8 Å². The van der Waals surface area contributed by atoms with E-state index in [1.807, 2.05) is 31.2 Å². The monoisotopic (exact) mass is 337 g/mol. The average Bonchev–Trinajstić information content (AvgIpc) is 2.56. The number of aliphatic hydroxyl groups excluding tert-OH is 1. The van der Waals surface area contributed by atoms with Gasteiger partial charge in [-0.2, -0.15) is 0 Å². The van der Waals surface area contributed by atoms with Crippen molar-refractivity contribution in [2.75, 3.05) is 6.61 Å². The highest BCUT2D eigenvalue weighted by Gasteiger charge is 2.08. The number of rotatable bonds is 8. The quantitative estimate of drug-likeness (QED) is 0.767. The molecule has 0 spiro atoms. The van der Waals surface area contributed by atoms with E-state index < -0.39 is 0 Å². The summed E-state index contributed by atoms with van der Waals surface area (Å²) in [5.74, 6) is 0.282. The van der Waals surface area contributed by atoms with Crippen LogP contribution in [0, 0.1) is 5.82 Å². The molecule has 0 heterocycles. The Morgan fingerprint density at radius 1 is 1.26 bits per heavy atom. The molecule has 0 fully saturated rings. The third-order valence-corrected chi connectivity index (χ3v) is 4.01. The molecule has 0 aromatic heterocycles. The first-order valence-electron chi connectivity index (χ1n) is 7.63. The summed E-state index contributed by atoms with van der Waals surface area (Å²) in [6.07, 6.45) is 0.860. The first-order valence-corrected chi connectivity index (χ1v) is 8.00. The molecular formula is C18H21ClFNO2. The summed E-state index contributed by atoms with van der Waals surface area (Å²) in [6.45, 7) is 2.84. The van der Waals surface area contributed by atoms with Gasteiger partial charge in [0.05, 0.1) is 11.6 Å². The predicted octanol–water partition coefficient (Wildman–Crippen LogP) is 3.92. The Morgan fingerprint density at radius 2 is 2.04 bits per heavy atom. The lowest BCUT2D eigenvalue weighted by Crippen LogP contribution is -2.31. The first kappa shape index (κ1) is 17.7. The number of nitrogens with one attached hydrogen (secondary N) is 1. The van der Waals surface area contributed by atoms with Gasteiger partial charge in [-0.1, -0.05) is 36.7 Å². The summed E-state index contributed by atoms with van der Waals surface area (Å²) >= 11 is 5.99. The average molecular weight is 338 g/mol. The van der Waals surface area contributed by atoms with E-state index in [9.17, 15) is 9.50 Å². The van der Waals surface area contributed by atoms with Crippen molar-refractivity contribution in [3.05, 3.63) is 64.4 Å². The van der Waals surface area contributed by atoms with Crippen LogP contribution in [-0.2, 0) is 13.2 Å². The molecule has 0 aliphatic heterocycles. The van der Waals surface area contributed by atoms with Crippen molar-refractivity contribution in [1.82, 2.24) is 5.32 Å². The fraction of sp³-hybridized carbons (Fsp3) is 0.333. The van der Waals surface area contributed by atoms with E-state index in [1.54, 1.807) is 12.1 Å². The molecule has 0 aliphatic rings. The summed E-state index contributed by atoms with van der Waals surface area (Å²) in [7, 11) is 0. The van der Waals surface area contributed by atoms with E-state index >= 15 is 0 Å². The SMILES string of the molecule is CC[C@@H](CO)NCc1cccc(OCc2c(F)cccc2Cl)c1. The Hall–Kier alpha value is -1.62. The Balaban J connectivity index is 1.97. The maximum Gasteiger partial charge on any atom is 0.131 e. The summed E-state index contributed by atoms with van der Waals surface area (Å²) < 4.78 is 19.4. The minimum atomic E-state index is -0.371. The molecule has 2 aromatic rings. The van der Waals surface area contributed by atoms with Gasteiger partial charge < -0.3 is 15.2 Å². The molecule has 2 rings (SSSR count). The minimum absolute atomic E-state index is 0.0800. The van der Waals surface area contributed by atoms with Crippen molar-refractivity contribution in [3.63, 3.8) is 0 Å². The number of hydrogen-bond donors (Lipinski definition) is 2. The molecule has 0 amide bonds. The number of aliphatic hydroxyl groups is 1. The van der Waals surface area contributed by atoms with Crippen molar-refractivity contribution in [2.24, 2.45) is 0 Å². The maximum atomic E-state index is 13.7. The fourth-order valence-electron chi connectivity index (χ4n) is 2.17. The Morgan fingerprint density at radius 3 is 2.74 bits per heavy atom. The first-order chi connectivity index (χ1) is 11.1. The maximum absolute atomic E-state index is 13.7.